The van der Waals surface area contributed by atoms with Gasteiger partial charge >= 0.3 is 0 Å². The SMILES string of the molecule is NS(=O)(=O)c1ccc(Nc2ncc3ccc(OCCC4CCNCC4)cc3n2)cc1. The average Bonchev–Trinajstić information content (AvgIpc) is 2.74. The zero-order valence-electron chi connectivity index (χ0n) is 16.5. The van der Waals surface area contributed by atoms with Crippen LogP contribution in [0.1, 0.15) is 19.3 Å². The van der Waals surface area contributed by atoms with Gasteiger partial charge in [-0.1, -0.05) is 0 Å². The van der Waals surface area contributed by atoms with Crippen LogP contribution in [0.3, 0.4) is 0 Å². The second-order valence-corrected chi connectivity index (χ2v) is 9.00. The van der Waals surface area contributed by atoms with Crippen LogP contribution in [0.25, 0.3) is 10.9 Å². The molecular formula is C21H25N5O3S. The van der Waals surface area contributed by atoms with E-state index in [0.29, 0.717) is 18.2 Å². The Balaban J connectivity index is 1.42. The van der Waals surface area contributed by atoms with E-state index in [0.717, 1.165) is 42.1 Å². The van der Waals surface area contributed by atoms with Gasteiger partial charge in [-0.15, -0.1) is 0 Å². The molecular weight excluding hydrogens is 402 g/mol. The maximum absolute atomic E-state index is 11.4. The van der Waals surface area contributed by atoms with E-state index in [4.69, 9.17) is 9.88 Å². The summed E-state index contributed by atoms with van der Waals surface area (Å²) in [4.78, 5) is 8.92. The Hall–Kier alpha value is -2.75. The number of hydrogen-bond donors (Lipinski definition) is 3. The minimum absolute atomic E-state index is 0.0544. The van der Waals surface area contributed by atoms with Crippen molar-refractivity contribution in [3.63, 3.8) is 0 Å². The molecule has 1 aliphatic heterocycles. The lowest BCUT2D eigenvalue weighted by Crippen LogP contribution is -2.28. The first kappa shape index (κ1) is 20.5. The van der Waals surface area contributed by atoms with E-state index in [1.54, 1.807) is 18.3 Å². The number of rotatable bonds is 7. The molecule has 8 nitrogen and oxygen atoms in total. The van der Waals surface area contributed by atoms with Gasteiger partial charge in [0.15, 0.2) is 0 Å². The van der Waals surface area contributed by atoms with E-state index in [9.17, 15) is 8.42 Å². The molecule has 158 valence electrons. The summed E-state index contributed by atoms with van der Waals surface area (Å²) in [6.07, 6.45) is 5.22. The standard InChI is InChI=1S/C21H25N5O3S/c22-30(27,28)19-5-2-17(3-6-19)25-21-24-14-16-1-4-18(13-20(16)26-21)29-12-9-15-7-10-23-11-8-15/h1-6,13-15,23H,7-12H2,(H2,22,27,28)(H,24,25,26). The minimum Gasteiger partial charge on any atom is -0.494 e. The van der Waals surface area contributed by atoms with Crippen LogP contribution < -0.4 is 20.5 Å². The maximum Gasteiger partial charge on any atom is 0.238 e. The monoisotopic (exact) mass is 427 g/mol. The van der Waals surface area contributed by atoms with Gasteiger partial charge in [0.25, 0.3) is 0 Å². The molecule has 0 radical (unpaired) electrons. The van der Waals surface area contributed by atoms with Crippen LogP contribution in [0.2, 0.25) is 0 Å². The van der Waals surface area contributed by atoms with Gasteiger partial charge < -0.3 is 15.4 Å². The molecule has 2 heterocycles. The van der Waals surface area contributed by atoms with Crippen LogP contribution in [0.4, 0.5) is 11.6 Å². The molecule has 0 aliphatic carbocycles. The second-order valence-electron chi connectivity index (χ2n) is 7.44. The summed E-state index contributed by atoms with van der Waals surface area (Å²) in [5, 5.41) is 12.5. The highest BCUT2D eigenvalue weighted by Gasteiger charge is 2.13. The first-order valence-corrected chi connectivity index (χ1v) is 11.5. The molecule has 2 aromatic carbocycles. The number of hydrogen-bond acceptors (Lipinski definition) is 7. The van der Waals surface area contributed by atoms with Gasteiger partial charge in [-0.2, -0.15) is 0 Å². The lowest BCUT2D eigenvalue weighted by Gasteiger charge is -2.22. The van der Waals surface area contributed by atoms with Crippen molar-refractivity contribution in [2.75, 3.05) is 25.0 Å². The normalized spacial score (nSPS) is 15.2. The summed E-state index contributed by atoms with van der Waals surface area (Å²) in [5.41, 5.74) is 1.43. The van der Waals surface area contributed by atoms with E-state index in [1.165, 1.54) is 25.0 Å². The quantitative estimate of drug-likeness (QED) is 0.530. The summed E-state index contributed by atoms with van der Waals surface area (Å²) in [6, 6.07) is 11.9. The summed E-state index contributed by atoms with van der Waals surface area (Å²) in [5.74, 6) is 1.93. The molecule has 4 rings (SSSR count). The van der Waals surface area contributed by atoms with Gasteiger partial charge in [0.1, 0.15) is 5.75 Å². The van der Waals surface area contributed by atoms with Gasteiger partial charge in [-0.25, -0.2) is 23.5 Å². The molecule has 0 bridgehead atoms. The third-order valence-corrected chi connectivity index (χ3v) is 6.18. The van der Waals surface area contributed by atoms with Crippen molar-refractivity contribution >= 4 is 32.6 Å². The number of nitrogens with one attached hydrogen (secondary N) is 2. The van der Waals surface area contributed by atoms with Crippen molar-refractivity contribution in [2.45, 2.75) is 24.2 Å². The van der Waals surface area contributed by atoms with E-state index in [1.807, 2.05) is 18.2 Å². The number of primary sulfonamides is 1. The van der Waals surface area contributed by atoms with E-state index >= 15 is 0 Å². The highest BCUT2D eigenvalue weighted by atomic mass is 32.2. The zero-order chi connectivity index (χ0) is 21.0. The Morgan fingerprint density at radius 2 is 1.90 bits per heavy atom. The molecule has 3 aromatic rings. The number of ether oxygens (including phenoxy) is 1. The average molecular weight is 428 g/mol. The van der Waals surface area contributed by atoms with Crippen molar-refractivity contribution < 1.29 is 13.2 Å². The predicted molar refractivity (Wildman–Crippen MR) is 116 cm³/mol. The minimum atomic E-state index is -3.72. The van der Waals surface area contributed by atoms with Crippen molar-refractivity contribution in [1.82, 2.24) is 15.3 Å². The molecule has 1 fully saturated rings. The second kappa shape index (κ2) is 8.95. The Labute approximate surface area is 175 Å². The topological polar surface area (TPSA) is 119 Å². The first-order chi connectivity index (χ1) is 14.5. The summed E-state index contributed by atoms with van der Waals surface area (Å²) >= 11 is 0. The molecule has 0 saturated carbocycles. The largest absolute Gasteiger partial charge is 0.494 e. The van der Waals surface area contributed by atoms with Gasteiger partial charge in [-0.3, -0.25) is 0 Å². The number of nitrogens with two attached hydrogens (primary N) is 1. The van der Waals surface area contributed by atoms with Crippen molar-refractivity contribution in [3.05, 3.63) is 48.7 Å². The van der Waals surface area contributed by atoms with Crippen molar-refractivity contribution in [3.8, 4) is 5.75 Å². The highest BCUT2D eigenvalue weighted by molar-refractivity contribution is 7.89. The molecule has 1 aliphatic rings. The molecule has 4 N–H and O–H groups in total. The fourth-order valence-electron chi connectivity index (χ4n) is 3.52. The number of benzene rings is 2. The van der Waals surface area contributed by atoms with E-state index in [2.05, 4.69) is 20.6 Å². The van der Waals surface area contributed by atoms with Crippen LogP contribution in [0.5, 0.6) is 5.75 Å². The Bertz CT molecular complexity index is 1110. The van der Waals surface area contributed by atoms with Crippen molar-refractivity contribution in [2.24, 2.45) is 11.1 Å². The molecule has 0 atom stereocenters. The molecule has 1 aromatic heterocycles. The van der Waals surface area contributed by atoms with Crippen LogP contribution in [-0.4, -0.2) is 38.1 Å². The molecule has 1 saturated heterocycles. The van der Waals surface area contributed by atoms with Gasteiger partial charge in [0.05, 0.1) is 17.0 Å². The van der Waals surface area contributed by atoms with E-state index in [-0.39, 0.29) is 4.90 Å². The maximum atomic E-state index is 11.4. The summed E-state index contributed by atoms with van der Waals surface area (Å²) in [7, 11) is -3.72. The van der Waals surface area contributed by atoms with Crippen LogP contribution in [0.15, 0.2) is 53.6 Å². The Morgan fingerprint density at radius 1 is 1.13 bits per heavy atom. The first-order valence-electron chi connectivity index (χ1n) is 9.97. The molecule has 30 heavy (non-hydrogen) atoms. The van der Waals surface area contributed by atoms with Gasteiger partial charge in [0.2, 0.25) is 16.0 Å². The highest BCUT2D eigenvalue weighted by Crippen LogP contribution is 2.23. The van der Waals surface area contributed by atoms with Crippen LogP contribution in [-0.2, 0) is 10.0 Å². The lowest BCUT2D eigenvalue weighted by molar-refractivity contribution is 0.252. The number of nitrogens with zero attached hydrogens (tertiary/aromatic N) is 2. The zero-order valence-corrected chi connectivity index (χ0v) is 17.4. The number of anilines is 2. The molecule has 0 unspecified atom stereocenters. The summed E-state index contributed by atoms with van der Waals surface area (Å²) < 4.78 is 28.7. The third-order valence-electron chi connectivity index (χ3n) is 5.25. The van der Waals surface area contributed by atoms with Crippen LogP contribution >= 0.6 is 0 Å². The van der Waals surface area contributed by atoms with E-state index < -0.39 is 10.0 Å². The number of piperidine rings is 1. The fraction of sp³-hybridized carbons (Fsp3) is 0.333. The smallest absolute Gasteiger partial charge is 0.238 e. The number of sulfonamides is 1. The third kappa shape index (κ3) is 5.24. The predicted octanol–water partition coefficient (Wildman–Crippen LogP) is 2.79. The Morgan fingerprint density at radius 3 is 2.63 bits per heavy atom. The summed E-state index contributed by atoms with van der Waals surface area (Å²) in [6.45, 7) is 2.89. The lowest BCUT2D eigenvalue weighted by atomic mass is 9.95. The molecule has 0 spiro atoms. The fourth-order valence-corrected chi connectivity index (χ4v) is 4.04. The molecule has 9 heteroatoms. The number of fused-ring (bicyclic) bond motifs is 1. The van der Waals surface area contributed by atoms with Crippen LogP contribution in [0, 0.1) is 5.92 Å². The molecule has 0 amide bonds. The number of aromatic nitrogens is 2. The van der Waals surface area contributed by atoms with Crippen molar-refractivity contribution in [1.29, 1.82) is 0 Å². The van der Waals surface area contributed by atoms with Gasteiger partial charge in [-0.05, 0) is 74.7 Å². The Kier molecular flexibility index (Phi) is 6.12. The van der Waals surface area contributed by atoms with Gasteiger partial charge in [0, 0.05) is 23.3 Å².